The van der Waals surface area contributed by atoms with E-state index in [1.165, 1.54) is 4.90 Å². The quantitative estimate of drug-likeness (QED) is 0.300. The molecule has 1 heterocycles. The number of benzene rings is 2. The highest BCUT2D eigenvalue weighted by atomic mass is 19.4. The number of carbonyl (C=O) groups excluding carboxylic acids is 2. The van der Waals surface area contributed by atoms with Crippen LogP contribution in [0.15, 0.2) is 42.5 Å². The molecule has 1 aliphatic rings. The molecule has 0 fully saturated rings. The minimum Gasteiger partial charge on any atom is -0.481 e. The van der Waals surface area contributed by atoms with Crippen LogP contribution in [0.3, 0.4) is 0 Å². The number of alkyl halides is 3. The molecule has 13 heteroatoms. The molecule has 186 valence electrons. The van der Waals surface area contributed by atoms with E-state index in [9.17, 15) is 27.6 Å². The topological polar surface area (TPSA) is 174 Å². The van der Waals surface area contributed by atoms with Crippen LogP contribution in [-0.2, 0) is 20.8 Å². The van der Waals surface area contributed by atoms with Crippen molar-refractivity contribution < 1.29 is 42.6 Å². The van der Waals surface area contributed by atoms with Crippen LogP contribution < -0.4 is 16.0 Å². The maximum atomic E-state index is 12.4. The fourth-order valence-electron chi connectivity index (χ4n) is 3.08. The molecule has 0 spiro atoms. The number of aliphatic carboxylic acids is 2. The van der Waals surface area contributed by atoms with E-state index in [1.807, 2.05) is 18.2 Å². The van der Waals surface area contributed by atoms with Crippen LogP contribution in [0.5, 0.6) is 0 Å². The summed E-state index contributed by atoms with van der Waals surface area (Å²) in [6, 6.07) is 12.5. The summed E-state index contributed by atoms with van der Waals surface area (Å²) >= 11 is 0. The predicted molar refractivity (Wildman–Crippen MR) is 117 cm³/mol. The zero-order valence-corrected chi connectivity index (χ0v) is 18.1. The second-order valence-corrected chi connectivity index (χ2v) is 7.31. The van der Waals surface area contributed by atoms with Gasteiger partial charge in [0.2, 0.25) is 5.91 Å². The lowest BCUT2D eigenvalue weighted by Gasteiger charge is -2.21. The summed E-state index contributed by atoms with van der Waals surface area (Å²) in [4.78, 5) is 45.8. The van der Waals surface area contributed by atoms with Gasteiger partial charge in [0.15, 0.2) is 0 Å². The molecule has 0 atom stereocenters. The van der Waals surface area contributed by atoms with E-state index in [-0.39, 0.29) is 37.2 Å². The second kappa shape index (κ2) is 11.1. The summed E-state index contributed by atoms with van der Waals surface area (Å²) in [5.74, 6) is -4.48. The largest absolute Gasteiger partial charge is 0.490 e. The number of hydrogen-bond donors (Lipinski definition) is 5. The Labute approximate surface area is 196 Å². The normalized spacial score (nSPS) is 13.1. The molecule has 6 N–H and O–H groups in total. The smallest absolute Gasteiger partial charge is 0.481 e. The third kappa shape index (κ3) is 7.55. The predicted octanol–water partition coefficient (Wildman–Crippen LogP) is 1.75. The molecule has 2 amide bonds. The third-order valence-corrected chi connectivity index (χ3v) is 4.76. The van der Waals surface area contributed by atoms with E-state index in [0.29, 0.717) is 23.2 Å². The number of nitrogens with one attached hydrogen (secondary N) is 2. The highest BCUT2D eigenvalue weighted by Gasteiger charge is 2.38. The van der Waals surface area contributed by atoms with E-state index in [4.69, 9.17) is 26.2 Å². The molecular formula is C22H21F3N4O6. The number of carboxylic acid groups (broad SMARTS) is 2. The maximum absolute atomic E-state index is 12.4. The fraction of sp³-hybridized carbons (Fsp3) is 0.227. The number of nitrogens with zero attached hydrogens (tertiary/aromatic N) is 1. The van der Waals surface area contributed by atoms with Crippen molar-refractivity contribution in [3.8, 4) is 0 Å². The van der Waals surface area contributed by atoms with Gasteiger partial charge in [0, 0.05) is 12.1 Å². The molecule has 0 unspecified atom stereocenters. The van der Waals surface area contributed by atoms with Gasteiger partial charge in [0.05, 0.1) is 24.2 Å². The number of nitrogen functional groups attached to an aromatic ring is 1. The molecule has 0 saturated carbocycles. The Hall–Kier alpha value is -4.42. The van der Waals surface area contributed by atoms with E-state index in [1.54, 1.807) is 24.3 Å². The molecule has 35 heavy (non-hydrogen) atoms. The lowest BCUT2D eigenvalue weighted by atomic mass is 10.00. The number of amides is 2. The fourth-order valence-corrected chi connectivity index (χ4v) is 3.08. The monoisotopic (exact) mass is 494 g/mol. The summed E-state index contributed by atoms with van der Waals surface area (Å²) < 4.78 is 31.7. The molecule has 2 aromatic carbocycles. The highest BCUT2D eigenvalue weighted by molar-refractivity contribution is 6.09. The summed E-state index contributed by atoms with van der Waals surface area (Å²) in [6.07, 6.45) is -4.73. The minimum absolute atomic E-state index is 0.000582. The number of hydrogen-bond acceptors (Lipinski definition) is 5. The summed E-state index contributed by atoms with van der Waals surface area (Å²) in [7, 11) is 0. The van der Waals surface area contributed by atoms with E-state index in [2.05, 4.69) is 5.32 Å². The van der Waals surface area contributed by atoms with Gasteiger partial charge < -0.3 is 26.2 Å². The van der Waals surface area contributed by atoms with Gasteiger partial charge in [-0.3, -0.25) is 19.8 Å². The Kier molecular flexibility index (Phi) is 8.54. The zero-order valence-electron chi connectivity index (χ0n) is 18.1. The van der Waals surface area contributed by atoms with Gasteiger partial charge >= 0.3 is 18.1 Å². The number of fused-ring (bicyclic) bond motifs is 1. The molecular weight excluding hydrogens is 473 g/mol. The number of halogens is 3. The van der Waals surface area contributed by atoms with Gasteiger partial charge in [-0.2, -0.15) is 13.2 Å². The van der Waals surface area contributed by atoms with Gasteiger partial charge in [0.1, 0.15) is 5.84 Å². The average Bonchev–Trinajstić information content (AvgIpc) is 2.89. The molecule has 0 bridgehead atoms. The van der Waals surface area contributed by atoms with Crippen molar-refractivity contribution in [3.63, 3.8) is 0 Å². The molecule has 10 nitrogen and oxygen atoms in total. The van der Waals surface area contributed by atoms with Crippen molar-refractivity contribution in [2.75, 3.05) is 18.0 Å². The molecule has 1 aliphatic heterocycles. The zero-order chi connectivity index (χ0) is 26.3. The van der Waals surface area contributed by atoms with E-state index >= 15 is 0 Å². The first-order valence-corrected chi connectivity index (χ1v) is 9.96. The molecule has 0 aliphatic carbocycles. The van der Waals surface area contributed by atoms with Crippen LogP contribution in [0.2, 0.25) is 0 Å². The van der Waals surface area contributed by atoms with Crippen LogP contribution >= 0.6 is 0 Å². The van der Waals surface area contributed by atoms with Crippen LogP contribution in [0, 0.1) is 5.41 Å². The van der Waals surface area contributed by atoms with Crippen LogP contribution in [0.25, 0.3) is 0 Å². The molecule has 0 saturated heterocycles. The first-order chi connectivity index (χ1) is 16.3. The Morgan fingerprint density at radius 3 is 2.14 bits per heavy atom. The average molecular weight is 494 g/mol. The minimum atomic E-state index is -5.08. The molecule has 0 radical (unpaired) electrons. The summed E-state index contributed by atoms with van der Waals surface area (Å²) in [6.45, 7) is -0.170. The number of nitrogens with two attached hydrogens (primary N) is 1. The molecule has 0 aromatic heterocycles. The Morgan fingerprint density at radius 1 is 1.06 bits per heavy atom. The van der Waals surface area contributed by atoms with Gasteiger partial charge in [-0.1, -0.05) is 30.3 Å². The van der Waals surface area contributed by atoms with Crippen molar-refractivity contribution in [1.82, 2.24) is 5.32 Å². The summed E-state index contributed by atoms with van der Waals surface area (Å²) in [5.41, 5.74) is 8.71. The van der Waals surface area contributed by atoms with E-state index in [0.717, 1.165) is 11.1 Å². The standard InChI is InChI=1S/C20H20N4O4.C2HF3O2/c21-19(22)14-4-1-12(2-5-14)9-13-3-6-16-15(10-13)20(28)23-11-17(25)24(16)8-7-18(26)27;3-2(4,5)1(6)7/h1-6,10H,7-9,11H2,(H3,21,22)(H,23,28)(H,26,27);(H,6,7). The molecule has 2 aromatic rings. The number of carboxylic acids is 2. The third-order valence-electron chi connectivity index (χ3n) is 4.76. The lowest BCUT2D eigenvalue weighted by Crippen LogP contribution is -2.37. The second-order valence-electron chi connectivity index (χ2n) is 7.31. The van der Waals surface area contributed by atoms with Gasteiger partial charge in [-0.05, 0) is 29.7 Å². The SMILES string of the molecule is N=C(N)c1ccc(Cc2ccc3c(c2)C(=O)NCC(=O)N3CCC(=O)O)cc1.O=C(O)C(F)(F)F. The first-order valence-electron chi connectivity index (χ1n) is 9.96. The Balaban J connectivity index is 0.000000540. The Morgan fingerprint density at radius 2 is 1.63 bits per heavy atom. The summed E-state index contributed by atoms with van der Waals surface area (Å²) in [5, 5.41) is 26.0. The first kappa shape index (κ1) is 26.8. The van der Waals surface area contributed by atoms with Crippen LogP contribution in [-0.4, -0.2) is 59.1 Å². The molecule has 3 rings (SSSR count). The van der Waals surface area contributed by atoms with Gasteiger partial charge in [-0.25, -0.2) is 4.79 Å². The van der Waals surface area contributed by atoms with Crippen LogP contribution in [0.4, 0.5) is 18.9 Å². The van der Waals surface area contributed by atoms with Crippen LogP contribution in [0.1, 0.15) is 33.5 Å². The van der Waals surface area contributed by atoms with Gasteiger partial charge in [-0.15, -0.1) is 0 Å². The number of rotatable bonds is 6. The number of carbonyl (C=O) groups is 4. The van der Waals surface area contributed by atoms with E-state index < -0.39 is 18.1 Å². The Bertz CT molecular complexity index is 1150. The van der Waals surface area contributed by atoms with Crippen molar-refractivity contribution in [1.29, 1.82) is 5.41 Å². The number of anilines is 1. The van der Waals surface area contributed by atoms with Crippen molar-refractivity contribution >= 4 is 35.3 Å². The highest BCUT2D eigenvalue weighted by Crippen LogP contribution is 2.26. The van der Waals surface area contributed by atoms with Crippen molar-refractivity contribution in [3.05, 3.63) is 64.7 Å². The maximum Gasteiger partial charge on any atom is 0.490 e. The van der Waals surface area contributed by atoms with Gasteiger partial charge in [0.25, 0.3) is 5.91 Å². The number of amidine groups is 1. The lowest BCUT2D eigenvalue weighted by molar-refractivity contribution is -0.192. The van der Waals surface area contributed by atoms with Crippen molar-refractivity contribution in [2.45, 2.75) is 19.0 Å². The van der Waals surface area contributed by atoms with Crippen molar-refractivity contribution in [2.24, 2.45) is 5.73 Å².